The number of unbranched alkanes of at least 4 members (excludes halogenated alkanes) is 15. The lowest BCUT2D eigenvalue weighted by molar-refractivity contribution is 0.0494. The van der Waals surface area contributed by atoms with Crippen LogP contribution in [0.1, 0.15) is 159 Å². The first-order valence-electron chi connectivity index (χ1n) is 25.6. The lowest BCUT2D eigenvalue weighted by atomic mass is 9.90. The molecular formula is C60H79N3O6. The van der Waals surface area contributed by atoms with Crippen LogP contribution in [0.25, 0.3) is 21.5 Å². The number of esters is 1. The fourth-order valence-electron chi connectivity index (χ4n) is 9.73. The van der Waals surface area contributed by atoms with Crippen molar-refractivity contribution in [3.05, 3.63) is 143 Å². The van der Waals surface area contributed by atoms with Gasteiger partial charge in [-0.15, -0.1) is 0 Å². The molecule has 0 radical (unpaired) electrons. The van der Waals surface area contributed by atoms with Gasteiger partial charge in [-0.2, -0.15) is 0 Å². The number of fused-ring (bicyclic) bond motifs is 4. The van der Waals surface area contributed by atoms with Crippen molar-refractivity contribution >= 4 is 44.9 Å². The minimum Gasteiger partial charge on any atom is -0.507 e. The molecule has 9 heteroatoms. The van der Waals surface area contributed by atoms with Crippen molar-refractivity contribution in [1.82, 2.24) is 11.1 Å². The highest BCUT2D eigenvalue weighted by Crippen LogP contribution is 2.40. The smallest absolute Gasteiger partial charge is 0.341 e. The first-order chi connectivity index (χ1) is 33.2. The second-order valence-electron chi connectivity index (χ2n) is 18.9. The second kappa shape index (κ2) is 28.6. The van der Waals surface area contributed by atoms with Crippen molar-refractivity contribution in [2.75, 3.05) is 38.7 Å². The summed E-state index contributed by atoms with van der Waals surface area (Å²) in [4.78, 5) is 29.9. The molecule has 0 spiro atoms. The van der Waals surface area contributed by atoms with Gasteiger partial charge in [0.2, 0.25) is 0 Å². The van der Waals surface area contributed by atoms with Crippen LogP contribution in [-0.2, 0) is 24.0 Å². The van der Waals surface area contributed by atoms with Crippen LogP contribution in [0.15, 0.2) is 109 Å². The topological polar surface area (TPSA) is 146 Å². The van der Waals surface area contributed by atoms with Crippen molar-refractivity contribution in [3.63, 3.8) is 0 Å². The summed E-state index contributed by atoms with van der Waals surface area (Å²) in [5, 5.41) is 34.9. The Kier molecular flexibility index (Phi) is 22.4. The van der Waals surface area contributed by atoms with Crippen LogP contribution in [0.2, 0.25) is 0 Å². The number of carbonyl (C=O) groups is 2. The lowest BCUT2D eigenvalue weighted by Gasteiger charge is -2.27. The van der Waals surface area contributed by atoms with Crippen molar-refractivity contribution in [2.24, 2.45) is 0 Å². The molecule has 370 valence electrons. The monoisotopic (exact) mass is 938 g/mol. The maximum Gasteiger partial charge on any atom is 0.341 e. The summed E-state index contributed by atoms with van der Waals surface area (Å²) in [5.41, 5.74) is 6.38. The number of carbonyl (C=O) groups excluding carboxylic acids is 1. The normalized spacial score (nSPS) is 11.9. The molecule has 1 aliphatic rings. The molecule has 6 aromatic carbocycles. The molecule has 0 amide bonds. The van der Waals surface area contributed by atoms with Crippen LogP contribution in [-0.4, -0.2) is 65.9 Å². The first kappa shape index (κ1) is 54.0. The minimum atomic E-state index is -1.24. The zero-order chi connectivity index (χ0) is 48.1. The third-order valence-electron chi connectivity index (χ3n) is 13.5. The molecule has 0 fully saturated rings. The number of aromatic carboxylic acids is 1. The standard InChI is InChI=1S/C41H52O6.C19H24N2.H3N/c1-2-3-4-5-6-7-8-9-10-11-12-13-14-15-16-21-26-47-41(46)37-28-31-23-18-20-25-33(31)35(39(37)43)29-34-32-24-19-17-22-30(32)27-36(38(34)42)40(44)45;1-20(2)14-7-15-21-18-10-5-3-8-16(18)12-13-17-9-4-6-11-19(17)21;/h17-20,22-25,27-28,42-43H,2-16,21,26,29H2,1H3,(H,44,45);3-6,8-11H,7,12-15H2,1-2H3;1H3. The summed E-state index contributed by atoms with van der Waals surface area (Å²) in [5.74, 6) is -2.40. The van der Waals surface area contributed by atoms with Gasteiger partial charge in [-0.05, 0) is 103 Å². The van der Waals surface area contributed by atoms with Crippen LogP contribution in [0.5, 0.6) is 11.5 Å². The molecule has 0 saturated carbocycles. The molecular weight excluding hydrogens is 859 g/mol. The van der Waals surface area contributed by atoms with E-state index in [-0.39, 0.29) is 41.8 Å². The summed E-state index contributed by atoms with van der Waals surface area (Å²) >= 11 is 0. The summed E-state index contributed by atoms with van der Waals surface area (Å²) in [7, 11) is 4.29. The summed E-state index contributed by atoms with van der Waals surface area (Å²) in [6, 6.07) is 35.4. The fourth-order valence-corrected chi connectivity index (χ4v) is 9.73. The molecule has 6 aromatic rings. The Morgan fingerprint density at radius 1 is 0.565 bits per heavy atom. The number of anilines is 2. The largest absolute Gasteiger partial charge is 0.507 e. The highest BCUT2D eigenvalue weighted by molar-refractivity contribution is 6.02. The van der Waals surface area contributed by atoms with Gasteiger partial charge in [0.25, 0.3) is 0 Å². The van der Waals surface area contributed by atoms with Crippen LogP contribution in [0, 0.1) is 0 Å². The fraction of sp³-hybridized carbons (Fsp3) is 0.433. The van der Waals surface area contributed by atoms with Crippen molar-refractivity contribution in [3.8, 4) is 11.5 Å². The van der Waals surface area contributed by atoms with Gasteiger partial charge in [-0.25, -0.2) is 9.59 Å². The average Bonchev–Trinajstić information content (AvgIpc) is 3.50. The van der Waals surface area contributed by atoms with Gasteiger partial charge in [-0.3, -0.25) is 0 Å². The minimum absolute atomic E-state index is 0. The van der Waals surface area contributed by atoms with Crippen LogP contribution in [0.3, 0.4) is 0 Å². The zero-order valence-corrected chi connectivity index (χ0v) is 41.8. The SMILES string of the molecule is CCCCCCCCCCCCCCCCCCOC(=O)c1cc2ccccc2c(Cc2c(O)c(C(=O)O)cc3ccccc23)c1O.CN(C)CCCN1c2ccccc2CCc2ccccc21.N. The molecule has 1 aliphatic heterocycles. The molecule has 0 aromatic heterocycles. The van der Waals surface area contributed by atoms with Crippen LogP contribution >= 0.6 is 0 Å². The van der Waals surface area contributed by atoms with Gasteiger partial charge >= 0.3 is 11.9 Å². The van der Waals surface area contributed by atoms with Crippen LogP contribution < -0.4 is 11.1 Å². The van der Waals surface area contributed by atoms with E-state index in [4.69, 9.17) is 4.74 Å². The number of rotatable bonds is 25. The molecule has 0 unspecified atom stereocenters. The number of carboxylic acid groups (broad SMARTS) is 1. The Bertz CT molecular complexity index is 2490. The summed E-state index contributed by atoms with van der Waals surface area (Å²) in [6.45, 7) is 4.75. The Hall–Kier alpha value is -5.90. The number of nitrogens with zero attached hydrogens (tertiary/aromatic N) is 2. The van der Waals surface area contributed by atoms with E-state index in [1.807, 2.05) is 36.4 Å². The number of carboxylic acids is 1. The highest BCUT2D eigenvalue weighted by atomic mass is 16.5. The van der Waals surface area contributed by atoms with Crippen molar-refractivity contribution in [1.29, 1.82) is 0 Å². The van der Waals surface area contributed by atoms with Gasteiger partial charge in [0.05, 0.1) is 6.61 Å². The molecule has 0 bridgehead atoms. The van der Waals surface area contributed by atoms with E-state index in [0.717, 1.165) is 50.6 Å². The summed E-state index contributed by atoms with van der Waals surface area (Å²) in [6.07, 6.45) is 23.8. The zero-order valence-electron chi connectivity index (χ0n) is 41.8. The summed E-state index contributed by atoms with van der Waals surface area (Å²) < 4.78 is 5.60. The van der Waals surface area contributed by atoms with E-state index in [1.54, 1.807) is 18.2 Å². The quantitative estimate of drug-likeness (QED) is 0.0325. The molecule has 0 saturated heterocycles. The number of hydrogen-bond acceptors (Lipinski definition) is 8. The number of ether oxygens (including phenoxy) is 1. The average molecular weight is 938 g/mol. The van der Waals surface area contributed by atoms with Crippen molar-refractivity contribution in [2.45, 2.75) is 135 Å². The van der Waals surface area contributed by atoms with Gasteiger partial charge in [0, 0.05) is 35.5 Å². The Morgan fingerprint density at radius 2 is 0.986 bits per heavy atom. The number of phenolic OH excluding ortho intramolecular Hbond substituents is 1. The van der Waals surface area contributed by atoms with Crippen LogP contribution in [0.4, 0.5) is 11.4 Å². The van der Waals surface area contributed by atoms with Gasteiger partial charge in [0.15, 0.2) is 0 Å². The van der Waals surface area contributed by atoms with Crippen molar-refractivity contribution < 1.29 is 29.6 Å². The van der Waals surface area contributed by atoms with E-state index in [2.05, 4.69) is 79.3 Å². The van der Waals surface area contributed by atoms with E-state index in [9.17, 15) is 24.9 Å². The predicted molar refractivity (Wildman–Crippen MR) is 286 cm³/mol. The lowest BCUT2D eigenvalue weighted by Crippen LogP contribution is -2.23. The Labute approximate surface area is 412 Å². The number of hydrogen-bond donors (Lipinski definition) is 4. The van der Waals surface area contributed by atoms with E-state index in [0.29, 0.717) is 27.3 Å². The van der Waals surface area contributed by atoms with Gasteiger partial charge < -0.3 is 36.0 Å². The second-order valence-corrected chi connectivity index (χ2v) is 18.9. The molecule has 0 atom stereocenters. The number of aryl methyl sites for hydroxylation is 2. The maximum atomic E-state index is 13.2. The van der Waals surface area contributed by atoms with E-state index >= 15 is 0 Å². The number of benzene rings is 6. The van der Waals surface area contributed by atoms with E-state index < -0.39 is 11.9 Å². The predicted octanol–water partition coefficient (Wildman–Crippen LogP) is 15.1. The van der Waals surface area contributed by atoms with Gasteiger partial charge in [0.1, 0.15) is 22.6 Å². The number of aromatic hydroxyl groups is 2. The molecule has 1 heterocycles. The maximum absolute atomic E-state index is 13.2. The molecule has 0 aliphatic carbocycles. The number of phenols is 2. The van der Waals surface area contributed by atoms with E-state index in [1.165, 1.54) is 118 Å². The molecule has 7 rings (SSSR count). The highest BCUT2D eigenvalue weighted by Gasteiger charge is 2.24. The molecule has 9 nitrogen and oxygen atoms in total. The van der Waals surface area contributed by atoms with Gasteiger partial charge in [-0.1, -0.05) is 188 Å². The third-order valence-corrected chi connectivity index (χ3v) is 13.5. The Balaban J connectivity index is 0.000000335. The number of para-hydroxylation sites is 2. The first-order valence-corrected chi connectivity index (χ1v) is 25.6. The molecule has 6 N–H and O–H groups in total. The molecule has 69 heavy (non-hydrogen) atoms. The third kappa shape index (κ3) is 15.6. The Morgan fingerprint density at radius 3 is 1.46 bits per heavy atom.